The first-order valence-electron chi connectivity index (χ1n) is 10.3. The standard InChI is InChI=1S/C24H22ClN5O/c1-17-7-9-20(25)15-21(17)29-11-13-30(14-12-29)22-10-8-19(16-26-22)24-27-23(28-31-24)18-5-3-2-4-6-18/h2-10,15-16H,11-14H2,1H3. The lowest BCUT2D eigenvalue weighted by Crippen LogP contribution is -2.47. The van der Waals surface area contributed by atoms with Gasteiger partial charge in [0.25, 0.3) is 5.89 Å². The average molecular weight is 432 g/mol. The second-order valence-electron chi connectivity index (χ2n) is 7.60. The zero-order valence-electron chi connectivity index (χ0n) is 17.2. The van der Waals surface area contributed by atoms with Crippen molar-refractivity contribution in [2.75, 3.05) is 36.0 Å². The molecule has 0 atom stereocenters. The molecule has 6 nitrogen and oxygen atoms in total. The summed E-state index contributed by atoms with van der Waals surface area (Å²) in [6.07, 6.45) is 1.80. The molecule has 3 heterocycles. The Balaban J connectivity index is 1.26. The van der Waals surface area contributed by atoms with Crippen molar-refractivity contribution < 1.29 is 4.52 Å². The lowest BCUT2D eigenvalue weighted by atomic mass is 10.1. The molecule has 4 aromatic rings. The minimum atomic E-state index is 0.471. The first kappa shape index (κ1) is 19.6. The zero-order chi connectivity index (χ0) is 21.2. The van der Waals surface area contributed by atoms with Crippen molar-refractivity contribution in [2.45, 2.75) is 6.92 Å². The van der Waals surface area contributed by atoms with Crippen LogP contribution in [0.15, 0.2) is 71.4 Å². The van der Waals surface area contributed by atoms with Gasteiger partial charge in [-0.25, -0.2) is 4.98 Å². The van der Waals surface area contributed by atoms with E-state index >= 15 is 0 Å². The van der Waals surface area contributed by atoms with Gasteiger partial charge in [-0.2, -0.15) is 4.98 Å². The van der Waals surface area contributed by atoms with E-state index in [9.17, 15) is 0 Å². The van der Waals surface area contributed by atoms with Crippen LogP contribution in [-0.2, 0) is 0 Å². The van der Waals surface area contributed by atoms with Gasteiger partial charge in [0.2, 0.25) is 5.82 Å². The van der Waals surface area contributed by atoms with E-state index in [-0.39, 0.29) is 0 Å². The van der Waals surface area contributed by atoms with Crippen molar-refractivity contribution in [2.24, 2.45) is 0 Å². The van der Waals surface area contributed by atoms with Gasteiger partial charge in [0.05, 0.1) is 5.56 Å². The monoisotopic (exact) mass is 431 g/mol. The molecule has 1 aliphatic rings. The summed E-state index contributed by atoms with van der Waals surface area (Å²) >= 11 is 6.20. The number of hydrogen-bond donors (Lipinski definition) is 0. The lowest BCUT2D eigenvalue weighted by molar-refractivity contribution is 0.432. The maximum atomic E-state index is 6.20. The third-order valence-corrected chi connectivity index (χ3v) is 5.80. The highest BCUT2D eigenvalue weighted by atomic mass is 35.5. The lowest BCUT2D eigenvalue weighted by Gasteiger charge is -2.37. The number of nitrogens with zero attached hydrogens (tertiary/aromatic N) is 5. The Morgan fingerprint density at radius 1 is 0.871 bits per heavy atom. The number of anilines is 2. The quantitative estimate of drug-likeness (QED) is 0.448. The van der Waals surface area contributed by atoms with Crippen LogP contribution in [0.4, 0.5) is 11.5 Å². The van der Waals surface area contributed by atoms with E-state index < -0.39 is 0 Å². The molecule has 0 amide bonds. The first-order chi connectivity index (χ1) is 15.2. The number of pyridine rings is 1. The second kappa shape index (κ2) is 8.40. The molecule has 0 saturated carbocycles. The molecule has 1 fully saturated rings. The minimum Gasteiger partial charge on any atom is -0.368 e. The number of rotatable bonds is 4. The highest BCUT2D eigenvalue weighted by Gasteiger charge is 2.20. The van der Waals surface area contributed by atoms with Crippen LogP contribution in [0, 0.1) is 6.92 Å². The van der Waals surface area contributed by atoms with Gasteiger partial charge in [0, 0.05) is 48.6 Å². The average Bonchev–Trinajstić information content (AvgIpc) is 3.32. The van der Waals surface area contributed by atoms with Gasteiger partial charge in [-0.15, -0.1) is 0 Å². The van der Waals surface area contributed by atoms with Crippen LogP contribution < -0.4 is 9.80 Å². The van der Waals surface area contributed by atoms with Crippen LogP contribution in [0.5, 0.6) is 0 Å². The molecular weight excluding hydrogens is 410 g/mol. The molecule has 5 rings (SSSR count). The molecule has 0 spiro atoms. The van der Waals surface area contributed by atoms with Crippen LogP contribution in [0.25, 0.3) is 22.8 Å². The minimum absolute atomic E-state index is 0.471. The highest BCUT2D eigenvalue weighted by molar-refractivity contribution is 6.30. The maximum absolute atomic E-state index is 6.20. The van der Waals surface area contributed by atoms with E-state index in [1.807, 2.05) is 54.6 Å². The Hall–Kier alpha value is -3.38. The molecule has 0 unspecified atom stereocenters. The molecule has 0 aliphatic carbocycles. The van der Waals surface area contributed by atoms with Crippen LogP contribution in [0.1, 0.15) is 5.56 Å². The van der Waals surface area contributed by atoms with E-state index in [1.165, 1.54) is 11.3 Å². The Morgan fingerprint density at radius 2 is 1.65 bits per heavy atom. The topological polar surface area (TPSA) is 58.3 Å². The third-order valence-electron chi connectivity index (χ3n) is 5.57. The Bertz CT molecular complexity index is 1170. The summed E-state index contributed by atoms with van der Waals surface area (Å²) in [6, 6.07) is 19.8. The number of piperazine rings is 1. The summed E-state index contributed by atoms with van der Waals surface area (Å²) in [7, 11) is 0. The molecule has 1 aliphatic heterocycles. The molecular formula is C24H22ClN5O. The zero-order valence-corrected chi connectivity index (χ0v) is 18.0. The maximum Gasteiger partial charge on any atom is 0.259 e. The largest absolute Gasteiger partial charge is 0.368 e. The van der Waals surface area contributed by atoms with Gasteiger partial charge in [0.15, 0.2) is 0 Å². The molecule has 0 bridgehead atoms. The number of halogens is 1. The third kappa shape index (κ3) is 4.11. The summed E-state index contributed by atoms with van der Waals surface area (Å²) in [4.78, 5) is 13.8. The van der Waals surface area contributed by atoms with Crippen LogP contribution in [0.3, 0.4) is 0 Å². The van der Waals surface area contributed by atoms with Crippen LogP contribution in [-0.4, -0.2) is 41.3 Å². The Labute approximate surface area is 186 Å². The van der Waals surface area contributed by atoms with E-state index in [2.05, 4.69) is 37.9 Å². The molecule has 31 heavy (non-hydrogen) atoms. The molecule has 2 aromatic carbocycles. The van der Waals surface area contributed by atoms with Gasteiger partial charge < -0.3 is 14.3 Å². The molecule has 156 valence electrons. The van der Waals surface area contributed by atoms with Crippen molar-refractivity contribution in [3.63, 3.8) is 0 Å². The van der Waals surface area contributed by atoms with Crippen molar-refractivity contribution in [1.82, 2.24) is 15.1 Å². The summed E-state index contributed by atoms with van der Waals surface area (Å²) in [5.41, 5.74) is 4.19. The Kier molecular flexibility index (Phi) is 5.30. The van der Waals surface area contributed by atoms with Crippen LogP contribution in [0.2, 0.25) is 5.02 Å². The highest BCUT2D eigenvalue weighted by Crippen LogP contribution is 2.27. The number of benzene rings is 2. The predicted molar refractivity (Wildman–Crippen MR) is 124 cm³/mol. The van der Waals surface area contributed by atoms with Gasteiger partial charge in [-0.3, -0.25) is 0 Å². The molecule has 7 heteroatoms. The fourth-order valence-corrected chi connectivity index (χ4v) is 4.01. The summed E-state index contributed by atoms with van der Waals surface area (Å²) in [5, 5.41) is 4.86. The van der Waals surface area contributed by atoms with Gasteiger partial charge in [-0.1, -0.05) is 53.2 Å². The summed E-state index contributed by atoms with van der Waals surface area (Å²) < 4.78 is 5.44. The summed E-state index contributed by atoms with van der Waals surface area (Å²) in [6.45, 7) is 5.77. The van der Waals surface area contributed by atoms with Crippen LogP contribution >= 0.6 is 11.6 Å². The SMILES string of the molecule is Cc1ccc(Cl)cc1N1CCN(c2ccc(-c3nc(-c4ccccc4)no3)cn2)CC1. The van der Waals surface area contributed by atoms with E-state index in [0.717, 1.165) is 48.1 Å². The fourth-order valence-electron chi connectivity index (χ4n) is 3.84. The van der Waals surface area contributed by atoms with Crippen molar-refractivity contribution in [1.29, 1.82) is 0 Å². The number of aromatic nitrogens is 3. The van der Waals surface area contributed by atoms with E-state index in [4.69, 9.17) is 16.1 Å². The van der Waals surface area contributed by atoms with Crippen molar-refractivity contribution >= 4 is 23.1 Å². The van der Waals surface area contributed by atoms with Gasteiger partial charge >= 0.3 is 0 Å². The normalized spacial score (nSPS) is 14.1. The van der Waals surface area contributed by atoms with E-state index in [0.29, 0.717) is 11.7 Å². The fraction of sp³-hybridized carbons (Fsp3) is 0.208. The first-order valence-corrected chi connectivity index (χ1v) is 10.7. The molecule has 0 N–H and O–H groups in total. The molecule has 1 saturated heterocycles. The van der Waals surface area contributed by atoms with Gasteiger partial charge in [0.1, 0.15) is 5.82 Å². The van der Waals surface area contributed by atoms with Crippen molar-refractivity contribution in [3.8, 4) is 22.8 Å². The predicted octanol–water partition coefficient (Wildman–Crippen LogP) is 5.09. The summed E-state index contributed by atoms with van der Waals surface area (Å²) in [5.74, 6) is 2.00. The second-order valence-corrected chi connectivity index (χ2v) is 8.04. The molecule has 2 aromatic heterocycles. The molecule has 0 radical (unpaired) electrons. The smallest absolute Gasteiger partial charge is 0.259 e. The van der Waals surface area contributed by atoms with E-state index in [1.54, 1.807) is 6.20 Å². The van der Waals surface area contributed by atoms with Crippen molar-refractivity contribution in [3.05, 3.63) is 77.4 Å². The number of hydrogen-bond acceptors (Lipinski definition) is 6. The van der Waals surface area contributed by atoms with Gasteiger partial charge in [-0.05, 0) is 36.8 Å². The number of aryl methyl sites for hydroxylation is 1. The Morgan fingerprint density at radius 3 is 2.39 bits per heavy atom.